The molecule has 0 spiro atoms. The van der Waals surface area contributed by atoms with Crippen LogP contribution in [-0.4, -0.2) is 15.7 Å². The van der Waals surface area contributed by atoms with E-state index in [1.54, 1.807) is 4.68 Å². The van der Waals surface area contributed by atoms with Crippen LogP contribution in [0.1, 0.15) is 22.7 Å². The van der Waals surface area contributed by atoms with Crippen molar-refractivity contribution in [1.82, 2.24) is 9.78 Å². The molecule has 0 radical (unpaired) electrons. The van der Waals surface area contributed by atoms with Gasteiger partial charge in [0.05, 0.1) is 5.69 Å². The first-order valence-corrected chi connectivity index (χ1v) is 7.31. The zero-order valence-corrected chi connectivity index (χ0v) is 13.1. The number of aryl methyl sites for hydroxylation is 2. The predicted octanol–water partition coefficient (Wildman–Crippen LogP) is 4.60. The molecular formula is C14H15Cl3N2. The van der Waals surface area contributed by atoms with E-state index in [4.69, 9.17) is 34.8 Å². The Morgan fingerprint density at radius 1 is 1.32 bits per heavy atom. The van der Waals surface area contributed by atoms with E-state index >= 15 is 0 Å². The average molecular weight is 318 g/mol. The SMILES string of the molecule is Cc1nn(C)c(Cl)c1CC(CCl)c1cccc(Cl)c1. The lowest BCUT2D eigenvalue weighted by atomic mass is 9.94. The first kappa shape index (κ1) is 14.7. The Kier molecular flexibility index (Phi) is 4.77. The quantitative estimate of drug-likeness (QED) is 0.754. The molecule has 0 aliphatic heterocycles. The van der Waals surface area contributed by atoms with Crippen LogP contribution in [0.3, 0.4) is 0 Å². The Morgan fingerprint density at radius 2 is 2.05 bits per heavy atom. The summed E-state index contributed by atoms with van der Waals surface area (Å²) in [7, 11) is 1.84. The van der Waals surface area contributed by atoms with Gasteiger partial charge in [0.2, 0.25) is 0 Å². The monoisotopic (exact) mass is 316 g/mol. The predicted molar refractivity (Wildman–Crippen MR) is 81.6 cm³/mol. The average Bonchev–Trinajstić information content (AvgIpc) is 2.61. The molecule has 0 saturated heterocycles. The Bertz CT molecular complexity index is 578. The molecule has 2 nitrogen and oxygen atoms in total. The Balaban J connectivity index is 2.29. The number of hydrogen-bond donors (Lipinski definition) is 0. The zero-order valence-electron chi connectivity index (χ0n) is 10.8. The maximum absolute atomic E-state index is 6.27. The Labute approximate surface area is 128 Å². The van der Waals surface area contributed by atoms with E-state index < -0.39 is 0 Å². The molecule has 0 N–H and O–H groups in total. The topological polar surface area (TPSA) is 17.8 Å². The van der Waals surface area contributed by atoms with Crippen LogP contribution >= 0.6 is 34.8 Å². The van der Waals surface area contributed by atoms with E-state index in [2.05, 4.69) is 5.10 Å². The fourth-order valence-electron chi connectivity index (χ4n) is 2.17. The Hall–Kier alpha value is -0.700. The summed E-state index contributed by atoms with van der Waals surface area (Å²) in [6.07, 6.45) is 0.766. The second-order valence-electron chi connectivity index (χ2n) is 4.59. The van der Waals surface area contributed by atoms with Crippen molar-refractivity contribution in [3.05, 3.63) is 51.3 Å². The summed E-state index contributed by atoms with van der Waals surface area (Å²) in [4.78, 5) is 0. The summed E-state index contributed by atoms with van der Waals surface area (Å²) >= 11 is 18.4. The number of rotatable bonds is 4. The van der Waals surface area contributed by atoms with E-state index in [0.29, 0.717) is 11.0 Å². The van der Waals surface area contributed by atoms with Crippen molar-refractivity contribution in [2.24, 2.45) is 7.05 Å². The second-order valence-corrected chi connectivity index (χ2v) is 5.69. The molecule has 2 aromatic rings. The fraction of sp³-hybridized carbons (Fsp3) is 0.357. The van der Waals surface area contributed by atoms with Gasteiger partial charge in [-0.2, -0.15) is 5.10 Å². The molecule has 0 saturated carbocycles. The van der Waals surface area contributed by atoms with Crippen LogP contribution in [-0.2, 0) is 13.5 Å². The number of aromatic nitrogens is 2. The highest BCUT2D eigenvalue weighted by Crippen LogP contribution is 2.29. The number of alkyl halides is 1. The lowest BCUT2D eigenvalue weighted by molar-refractivity contribution is 0.753. The molecule has 0 fully saturated rings. The molecule has 1 aromatic heterocycles. The first-order valence-electron chi connectivity index (χ1n) is 6.02. The van der Waals surface area contributed by atoms with Gasteiger partial charge in [0.1, 0.15) is 5.15 Å². The van der Waals surface area contributed by atoms with Gasteiger partial charge >= 0.3 is 0 Å². The van der Waals surface area contributed by atoms with Crippen molar-refractivity contribution in [2.45, 2.75) is 19.3 Å². The van der Waals surface area contributed by atoms with E-state index in [1.807, 2.05) is 38.2 Å². The van der Waals surface area contributed by atoms with Crippen LogP contribution < -0.4 is 0 Å². The van der Waals surface area contributed by atoms with E-state index in [0.717, 1.165) is 28.3 Å². The molecule has 0 amide bonds. The molecule has 5 heteroatoms. The van der Waals surface area contributed by atoms with E-state index in [9.17, 15) is 0 Å². The van der Waals surface area contributed by atoms with Gasteiger partial charge in [-0.3, -0.25) is 4.68 Å². The number of halogens is 3. The van der Waals surface area contributed by atoms with Crippen molar-refractivity contribution >= 4 is 34.8 Å². The summed E-state index contributed by atoms with van der Waals surface area (Å²) in [5, 5.41) is 5.72. The minimum Gasteiger partial charge on any atom is -0.257 e. The maximum Gasteiger partial charge on any atom is 0.130 e. The standard InChI is InChI=1S/C14H15Cl3N2/c1-9-13(14(17)19(2)18-9)7-11(8-15)10-4-3-5-12(16)6-10/h3-6,11H,7-8H2,1-2H3. The Morgan fingerprint density at radius 3 is 2.58 bits per heavy atom. The second kappa shape index (κ2) is 6.17. The van der Waals surface area contributed by atoms with Gasteiger partial charge in [0.25, 0.3) is 0 Å². The van der Waals surface area contributed by atoms with Gasteiger partial charge in [0, 0.05) is 29.4 Å². The van der Waals surface area contributed by atoms with Crippen molar-refractivity contribution in [3.63, 3.8) is 0 Å². The van der Waals surface area contributed by atoms with Gasteiger partial charge in [0.15, 0.2) is 0 Å². The largest absolute Gasteiger partial charge is 0.257 e. The fourth-order valence-corrected chi connectivity index (χ4v) is 2.91. The summed E-state index contributed by atoms with van der Waals surface area (Å²) in [6.45, 7) is 1.96. The lowest BCUT2D eigenvalue weighted by Gasteiger charge is -2.14. The highest BCUT2D eigenvalue weighted by molar-refractivity contribution is 6.31. The molecule has 1 unspecified atom stereocenters. The smallest absolute Gasteiger partial charge is 0.130 e. The molecule has 0 bridgehead atoms. The summed E-state index contributed by atoms with van der Waals surface area (Å²) in [6, 6.07) is 7.79. The van der Waals surface area contributed by atoms with Crippen LogP contribution in [0.15, 0.2) is 24.3 Å². The normalized spacial score (nSPS) is 12.7. The molecule has 1 heterocycles. The first-order chi connectivity index (χ1) is 9.02. The molecule has 2 rings (SSSR count). The number of hydrogen-bond acceptors (Lipinski definition) is 1. The van der Waals surface area contributed by atoms with Crippen molar-refractivity contribution in [2.75, 3.05) is 5.88 Å². The number of nitrogens with zero attached hydrogens (tertiary/aromatic N) is 2. The number of benzene rings is 1. The highest BCUT2D eigenvalue weighted by Gasteiger charge is 2.18. The van der Waals surface area contributed by atoms with Gasteiger partial charge in [-0.15, -0.1) is 11.6 Å². The van der Waals surface area contributed by atoms with Gasteiger partial charge in [-0.25, -0.2) is 0 Å². The highest BCUT2D eigenvalue weighted by atomic mass is 35.5. The van der Waals surface area contributed by atoms with Gasteiger partial charge in [-0.1, -0.05) is 35.3 Å². The lowest BCUT2D eigenvalue weighted by Crippen LogP contribution is -2.05. The van der Waals surface area contributed by atoms with Crippen LogP contribution in [0, 0.1) is 6.92 Å². The van der Waals surface area contributed by atoms with Gasteiger partial charge in [-0.05, 0) is 31.0 Å². The summed E-state index contributed by atoms with van der Waals surface area (Å²) in [5.41, 5.74) is 3.13. The zero-order chi connectivity index (χ0) is 14.0. The third-order valence-corrected chi connectivity index (χ3v) is 4.31. The third-order valence-electron chi connectivity index (χ3n) is 3.23. The maximum atomic E-state index is 6.27. The van der Waals surface area contributed by atoms with Crippen LogP contribution in [0.2, 0.25) is 10.2 Å². The minimum atomic E-state index is 0.181. The molecule has 0 aliphatic rings. The van der Waals surface area contributed by atoms with Gasteiger partial charge < -0.3 is 0 Å². The van der Waals surface area contributed by atoms with Crippen molar-refractivity contribution < 1.29 is 0 Å². The minimum absolute atomic E-state index is 0.181. The van der Waals surface area contributed by atoms with Crippen LogP contribution in [0.25, 0.3) is 0 Å². The molecule has 19 heavy (non-hydrogen) atoms. The van der Waals surface area contributed by atoms with Crippen molar-refractivity contribution in [3.8, 4) is 0 Å². The summed E-state index contributed by atoms with van der Waals surface area (Å²) < 4.78 is 1.69. The summed E-state index contributed by atoms with van der Waals surface area (Å²) in [5.74, 6) is 0.700. The molecule has 1 atom stereocenters. The van der Waals surface area contributed by atoms with E-state index in [1.165, 1.54) is 0 Å². The molecular weight excluding hydrogens is 303 g/mol. The molecule has 0 aliphatic carbocycles. The molecule has 102 valence electrons. The van der Waals surface area contributed by atoms with E-state index in [-0.39, 0.29) is 5.92 Å². The van der Waals surface area contributed by atoms with Crippen molar-refractivity contribution in [1.29, 1.82) is 0 Å². The van der Waals surface area contributed by atoms with Crippen LogP contribution in [0.4, 0.5) is 0 Å². The molecule has 1 aromatic carbocycles. The van der Waals surface area contributed by atoms with Crippen LogP contribution in [0.5, 0.6) is 0 Å². The third kappa shape index (κ3) is 3.25.